The minimum Gasteiger partial charge on any atom is -0.324 e. The van der Waals surface area contributed by atoms with Crippen LogP contribution in [0.15, 0.2) is 29.4 Å². The van der Waals surface area contributed by atoms with Crippen molar-refractivity contribution in [2.24, 2.45) is 0 Å². The van der Waals surface area contributed by atoms with E-state index in [2.05, 4.69) is 64.7 Å². The van der Waals surface area contributed by atoms with Gasteiger partial charge in [0.05, 0.1) is 5.52 Å². The highest BCUT2D eigenvalue weighted by atomic mass is 32.2. The predicted molar refractivity (Wildman–Crippen MR) is 106 cm³/mol. The Balaban J connectivity index is 1.89. The number of aryl methyl sites for hydroxylation is 1. The van der Waals surface area contributed by atoms with E-state index in [0.717, 1.165) is 66.5 Å². The smallest absolute Gasteiger partial charge is 0.211 e. The van der Waals surface area contributed by atoms with Gasteiger partial charge in [-0.25, -0.2) is 4.98 Å². The zero-order valence-corrected chi connectivity index (χ0v) is 16.2. The molecule has 2 aromatic heterocycles. The molecule has 3 aromatic rings. The number of hydrogen-bond acceptors (Lipinski definition) is 5. The Morgan fingerprint density at radius 2 is 1.88 bits per heavy atom. The van der Waals surface area contributed by atoms with Crippen molar-refractivity contribution in [3.8, 4) is 0 Å². The number of para-hydroxylation sites is 1. The summed E-state index contributed by atoms with van der Waals surface area (Å²) in [6.45, 7) is 10.8. The lowest BCUT2D eigenvalue weighted by Crippen LogP contribution is -2.25. The summed E-state index contributed by atoms with van der Waals surface area (Å²) in [5, 5.41) is 10.8. The quantitative estimate of drug-likeness (QED) is 0.537. The summed E-state index contributed by atoms with van der Waals surface area (Å²) >= 11 is 1.70. The molecule has 0 bridgehead atoms. The van der Waals surface area contributed by atoms with Gasteiger partial charge < -0.3 is 9.47 Å². The van der Waals surface area contributed by atoms with Crippen LogP contribution in [-0.2, 0) is 6.54 Å². The first-order chi connectivity index (χ1) is 12.3. The fourth-order valence-corrected chi connectivity index (χ4v) is 3.88. The van der Waals surface area contributed by atoms with Gasteiger partial charge in [-0.15, -0.1) is 10.2 Å². The molecule has 25 heavy (non-hydrogen) atoms. The molecule has 0 radical (unpaired) electrons. The Hall–Kier alpha value is -1.66. The lowest BCUT2D eigenvalue weighted by molar-refractivity contribution is 0.324. The molecule has 0 aliphatic carbocycles. The van der Waals surface area contributed by atoms with Crippen molar-refractivity contribution in [1.29, 1.82) is 0 Å². The molecule has 0 fully saturated rings. The van der Waals surface area contributed by atoms with Gasteiger partial charge in [-0.2, -0.15) is 0 Å². The molecule has 0 aliphatic heterocycles. The van der Waals surface area contributed by atoms with Crippen LogP contribution in [0.3, 0.4) is 0 Å². The third-order valence-corrected chi connectivity index (χ3v) is 5.44. The van der Waals surface area contributed by atoms with Crippen molar-refractivity contribution in [2.45, 2.75) is 45.3 Å². The Bertz CT molecular complexity index is 825. The summed E-state index contributed by atoms with van der Waals surface area (Å²) in [4.78, 5) is 7.26. The van der Waals surface area contributed by atoms with Crippen molar-refractivity contribution < 1.29 is 0 Å². The molecule has 134 valence electrons. The van der Waals surface area contributed by atoms with Gasteiger partial charge in [0, 0.05) is 24.2 Å². The molecule has 0 N–H and O–H groups in total. The number of aromatic nitrogens is 4. The fraction of sp³-hybridized carbons (Fsp3) is 0.526. The summed E-state index contributed by atoms with van der Waals surface area (Å²) in [6, 6.07) is 8.41. The van der Waals surface area contributed by atoms with Crippen LogP contribution in [0.2, 0.25) is 0 Å². The van der Waals surface area contributed by atoms with Crippen LogP contribution in [0.4, 0.5) is 0 Å². The molecule has 1 aromatic carbocycles. The van der Waals surface area contributed by atoms with Crippen LogP contribution in [0, 0.1) is 0 Å². The minimum atomic E-state index is 0.778. The number of benzene rings is 1. The van der Waals surface area contributed by atoms with Gasteiger partial charge in [0.25, 0.3) is 0 Å². The van der Waals surface area contributed by atoms with E-state index in [1.165, 1.54) is 5.52 Å². The van der Waals surface area contributed by atoms with Crippen LogP contribution >= 0.6 is 11.8 Å². The normalized spacial score (nSPS) is 11.8. The number of rotatable bonds is 9. The average molecular weight is 358 g/mol. The predicted octanol–water partition coefficient (Wildman–Crippen LogP) is 4.21. The molecule has 0 saturated heterocycles. The summed E-state index contributed by atoms with van der Waals surface area (Å²) < 4.78 is 2.30. The molecule has 0 spiro atoms. The van der Waals surface area contributed by atoms with Gasteiger partial charge in [0.15, 0.2) is 5.65 Å². The largest absolute Gasteiger partial charge is 0.324 e. The number of hydrogen-bond donors (Lipinski definition) is 0. The number of thioether (sulfide) groups is 1. The highest BCUT2D eigenvalue weighted by Gasteiger charge is 2.14. The SMILES string of the molecule is CCCCn1c2ccccc2c2nnc(SCCN(CC)CC)nc21. The van der Waals surface area contributed by atoms with Crippen molar-refractivity contribution in [2.75, 3.05) is 25.4 Å². The van der Waals surface area contributed by atoms with Gasteiger partial charge in [-0.1, -0.05) is 57.2 Å². The molecular weight excluding hydrogens is 330 g/mol. The molecule has 0 atom stereocenters. The van der Waals surface area contributed by atoms with Crippen LogP contribution < -0.4 is 0 Å². The van der Waals surface area contributed by atoms with E-state index in [4.69, 9.17) is 4.98 Å². The molecule has 6 heteroatoms. The second-order valence-corrected chi connectivity index (χ2v) is 7.23. The van der Waals surface area contributed by atoms with E-state index < -0.39 is 0 Å². The van der Waals surface area contributed by atoms with Crippen molar-refractivity contribution in [1.82, 2.24) is 24.6 Å². The standard InChI is InChI=1S/C19H27N5S/c1-4-7-12-24-16-11-9-8-10-15(16)17-18(24)20-19(22-21-17)25-14-13-23(5-2)6-3/h8-11H,4-7,12-14H2,1-3H3. The minimum absolute atomic E-state index is 0.778. The first-order valence-corrected chi connectivity index (χ1v) is 10.2. The summed E-state index contributed by atoms with van der Waals surface area (Å²) in [6.07, 6.45) is 2.31. The van der Waals surface area contributed by atoms with Crippen LogP contribution in [0.5, 0.6) is 0 Å². The van der Waals surface area contributed by atoms with Gasteiger partial charge in [0.2, 0.25) is 5.16 Å². The fourth-order valence-electron chi connectivity index (χ4n) is 3.10. The summed E-state index contributed by atoms with van der Waals surface area (Å²) in [5.41, 5.74) is 3.09. The van der Waals surface area contributed by atoms with Gasteiger partial charge in [0.1, 0.15) is 5.52 Å². The topological polar surface area (TPSA) is 46.8 Å². The second kappa shape index (κ2) is 8.63. The number of fused-ring (bicyclic) bond motifs is 3. The summed E-state index contributed by atoms with van der Waals surface area (Å²) in [7, 11) is 0. The zero-order valence-electron chi connectivity index (χ0n) is 15.4. The Labute approximate surface area is 153 Å². The Kier molecular flexibility index (Phi) is 6.26. The van der Waals surface area contributed by atoms with Crippen LogP contribution in [0.1, 0.15) is 33.6 Å². The van der Waals surface area contributed by atoms with E-state index in [-0.39, 0.29) is 0 Å². The maximum absolute atomic E-state index is 4.85. The van der Waals surface area contributed by atoms with E-state index in [9.17, 15) is 0 Å². The number of nitrogens with zero attached hydrogens (tertiary/aromatic N) is 5. The molecule has 0 aliphatic rings. The van der Waals surface area contributed by atoms with Gasteiger partial charge in [-0.05, 0) is 25.6 Å². The Morgan fingerprint density at radius 1 is 1.08 bits per heavy atom. The van der Waals surface area contributed by atoms with Crippen molar-refractivity contribution >= 4 is 33.8 Å². The van der Waals surface area contributed by atoms with Crippen molar-refractivity contribution in [3.05, 3.63) is 24.3 Å². The summed E-state index contributed by atoms with van der Waals surface area (Å²) in [5.74, 6) is 0.990. The Morgan fingerprint density at radius 3 is 2.64 bits per heavy atom. The highest BCUT2D eigenvalue weighted by molar-refractivity contribution is 7.99. The lowest BCUT2D eigenvalue weighted by Gasteiger charge is -2.16. The van der Waals surface area contributed by atoms with E-state index in [0.29, 0.717) is 0 Å². The van der Waals surface area contributed by atoms with Crippen molar-refractivity contribution in [3.63, 3.8) is 0 Å². The molecule has 0 unspecified atom stereocenters. The first-order valence-electron chi connectivity index (χ1n) is 9.25. The van der Waals surface area contributed by atoms with Gasteiger partial charge >= 0.3 is 0 Å². The third kappa shape index (κ3) is 3.96. The molecule has 2 heterocycles. The number of unbranched alkanes of at least 4 members (excludes halogenated alkanes) is 1. The monoisotopic (exact) mass is 357 g/mol. The maximum Gasteiger partial charge on any atom is 0.211 e. The van der Waals surface area contributed by atoms with Crippen LogP contribution in [-0.4, -0.2) is 50.0 Å². The molecule has 5 nitrogen and oxygen atoms in total. The average Bonchev–Trinajstić information content (AvgIpc) is 2.97. The second-order valence-electron chi connectivity index (χ2n) is 6.16. The molecule has 0 saturated carbocycles. The van der Waals surface area contributed by atoms with E-state index in [1.807, 2.05) is 0 Å². The molecular formula is C19H27N5S. The third-order valence-electron chi connectivity index (χ3n) is 4.62. The van der Waals surface area contributed by atoms with Gasteiger partial charge in [-0.3, -0.25) is 0 Å². The van der Waals surface area contributed by atoms with Crippen LogP contribution in [0.25, 0.3) is 22.1 Å². The van der Waals surface area contributed by atoms with E-state index in [1.54, 1.807) is 11.8 Å². The maximum atomic E-state index is 4.85. The lowest BCUT2D eigenvalue weighted by atomic mass is 10.2. The zero-order chi connectivity index (χ0) is 17.6. The molecule has 0 amide bonds. The first kappa shape index (κ1) is 18.1. The molecule has 3 rings (SSSR count). The van der Waals surface area contributed by atoms with E-state index >= 15 is 0 Å². The highest BCUT2D eigenvalue weighted by Crippen LogP contribution is 2.27.